The SMILES string of the molecule is C=CC(O)[C@@H](NS(=O)(=O)c1ccccc1Cl)[C@@H](C)CC. The molecule has 1 rings (SSSR count). The van der Waals surface area contributed by atoms with Crippen LogP contribution in [0.2, 0.25) is 5.02 Å². The lowest BCUT2D eigenvalue weighted by Gasteiger charge is -2.27. The summed E-state index contributed by atoms with van der Waals surface area (Å²) >= 11 is 5.92. The summed E-state index contributed by atoms with van der Waals surface area (Å²) in [6, 6.07) is 5.56. The maximum absolute atomic E-state index is 12.4. The van der Waals surface area contributed by atoms with E-state index in [0.29, 0.717) is 0 Å². The third-order valence-corrected chi connectivity index (χ3v) is 5.24. The van der Waals surface area contributed by atoms with Gasteiger partial charge in [-0.15, -0.1) is 6.58 Å². The van der Waals surface area contributed by atoms with Crippen LogP contribution in [0.3, 0.4) is 0 Å². The predicted molar refractivity (Wildman–Crippen MR) is 81.2 cm³/mol. The molecule has 0 amide bonds. The summed E-state index contributed by atoms with van der Waals surface area (Å²) < 4.78 is 27.2. The molecule has 2 N–H and O–H groups in total. The molecule has 112 valence electrons. The van der Waals surface area contributed by atoms with Gasteiger partial charge in [0.2, 0.25) is 10.0 Å². The zero-order valence-electron chi connectivity index (χ0n) is 11.6. The molecule has 0 fully saturated rings. The summed E-state index contributed by atoms with van der Waals surface area (Å²) in [5.74, 6) is -0.0414. The van der Waals surface area contributed by atoms with Crippen molar-refractivity contribution in [1.82, 2.24) is 4.72 Å². The number of sulfonamides is 1. The fraction of sp³-hybridized carbons (Fsp3) is 0.429. The number of hydrogen-bond acceptors (Lipinski definition) is 3. The van der Waals surface area contributed by atoms with E-state index in [2.05, 4.69) is 11.3 Å². The minimum atomic E-state index is -3.79. The molecule has 1 unspecified atom stereocenters. The Balaban J connectivity index is 3.09. The topological polar surface area (TPSA) is 66.4 Å². The molecule has 6 heteroatoms. The van der Waals surface area contributed by atoms with Gasteiger partial charge in [-0.2, -0.15) is 0 Å². The van der Waals surface area contributed by atoms with Crippen molar-refractivity contribution in [2.24, 2.45) is 5.92 Å². The van der Waals surface area contributed by atoms with E-state index in [0.717, 1.165) is 6.42 Å². The molecule has 0 radical (unpaired) electrons. The average molecular weight is 318 g/mol. The second-order valence-electron chi connectivity index (χ2n) is 4.69. The van der Waals surface area contributed by atoms with Crippen LogP contribution < -0.4 is 4.72 Å². The van der Waals surface area contributed by atoms with Gasteiger partial charge in [0.1, 0.15) is 4.90 Å². The van der Waals surface area contributed by atoms with Gasteiger partial charge in [0.05, 0.1) is 17.2 Å². The van der Waals surface area contributed by atoms with Crippen molar-refractivity contribution in [3.63, 3.8) is 0 Å². The Bertz CT molecular complexity index is 559. The van der Waals surface area contributed by atoms with Gasteiger partial charge in [-0.3, -0.25) is 0 Å². The average Bonchev–Trinajstić information content (AvgIpc) is 2.43. The molecule has 0 aliphatic carbocycles. The highest BCUT2D eigenvalue weighted by molar-refractivity contribution is 7.89. The van der Waals surface area contributed by atoms with Gasteiger partial charge in [0.25, 0.3) is 0 Å². The minimum Gasteiger partial charge on any atom is -0.387 e. The fourth-order valence-corrected chi connectivity index (χ4v) is 3.71. The van der Waals surface area contributed by atoms with Crippen LogP contribution in [0.15, 0.2) is 41.8 Å². The van der Waals surface area contributed by atoms with E-state index in [4.69, 9.17) is 11.6 Å². The van der Waals surface area contributed by atoms with Gasteiger partial charge in [-0.25, -0.2) is 13.1 Å². The van der Waals surface area contributed by atoms with Crippen LogP contribution in [0.5, 0.6) is 0 Å². The molecule has 0 spiro atoms. The Hall–Kier alpha value is -0.880. The number of nitrogens with one attached hydrogen (secondary N) is 1. The van der Waals surface area contributed by atoms with Crippen molar-refractivity contribution < 1.29 is 13.5 Å². The van der Waals surface area contributed by atoms with E-state index in [9.17, 15) is 13.5 Å². The molecule has 0 aliphatic heterocycles. The number of hydrogen-bond donors (Lipinski definition) is 2. The standard InChI is InChI=1S/C14H20ClNO3S/c1-4-10(3)14(12(17)5-2)16-20(18,19)13-9-7-6-8-11(13)15/h5-10,12,14,16-17H,2,4H2,1,3H3/t10-,12?,14-/m0/s1. The van der Waals surface area contributed by atoms with Gasteiger partial charge in [-0.1, -0.05) is 50.1 Å². The molecule has 0 aliphatic rings. The zero-order chi connectivity index (χ0) is 15.3. The molecule has 0 heterocycles. The molecule has 4 nitrogen and oxygen atoms in total. The summed E-state index contributed by atoms with van der Waals surface area (Å²) in [4.78, 5) is 0.00577. The van der Waals surface area contributed by atoms with Crippen molar-refractivity contribution in [2.75, 3.05) is 0 Å². The number of halogens is 1. The summed E-state index contributed by atoms with van der Waals surface area (Å²) in [6.07, 6.45) is 1.09. The molecule has 3 atom stereocenters. The second kappa shape index (κ2) is 7.22. The first kappa shape index (κ1) is 17.2. The molecular formula is C14H20ClNO3S. The van der Waals surface area contributed by atoms with Crippen molar-refractivity contribution >= 4 is 21.6 Å². The van der Waals surface area contributed by atoms with Gasteiger partial charge < -0.3 is 5.11 Å². The highest BCUT2D eigenvalue weighted by Gasteiger charge is 2.29. The number of rotatable bonds is 7. The predicted octanol–water partition coefficient (Wildman–Crippen LogP) is 2.58. The second-order valence-corrected chi connectivity index (χ2v) is 6.78. The first-order valence-electron chi connectivity index (χ1n) is 6.41. The summed E-state index contributed by atoms with van der Waals surface area (Å²) in [5.41, 5.74) is 0. The first-order valence-corrected chi connectivity index (χ1v) is 8.27. The van der Waals surface area contributed by atoms with Crippen LogP contribution >= 0.6 is 11.6 Å². The van der Waals surface area contributed by atoms with Crippen LogP contribution in [0.1, 0.15) is 20.3 Å². The van der Waals surface area contributed by atoms with Gasteiger partial charge in [-0.05, 0) is 18.1 Å². The monoisotopic (exact) mass is 317 g/mol. The van der Waals surface area contributed by atoms with Crippen molar-refractivity contribution in [3.8, 4) is 0 Å². The smallest absolute Gasteiger partial charge is 0.242 e. The van der Waals surface area contributed by atoms with E-state index in [1.807, 2.05) is 13.8 Å². The zero-order valence-corrected chi connectivity index (χ0v) is 13.2. The maximum Gasteiger partial charge on any atom is 0.242 e. The van der Waals surface area contributed by atoms with E-state index in [1.165, 1.54) is 18.2 Å². The summed E-state index contributed by atoms with van der Waals surface area (Å²) in [6.45, 7) is 7.30. The molecule has 1 aromatic carbocycles. The summed E-state index contributed by atoms with van der Waals surface area (Å²) in [5, 5.41) is 10.1. The lowest BCUT2D eigenvalue weighted by Crippen LogP contribution is -2.46. The Morgan fingerprint density at radius 1 is 1.45 bits per heavy atom. The van der Waals surface area contributed by atoms with E-state index >= 15 is 0 Å². The number of benzene rings is 1. The third-order valence-electron chi connectivity index (χ3n) is 3.28. The number of aliphatic hydroxyl groups excluding tert-OH is 1. The van der Waals surface area contributed by atoms with E-state index in [1.54, 1.807) is 12.1 Å². The molecule has 1 aromatic rings. The van der Waals surface area contributed by atoms with E-state index in [-0.39, 0.29) is 15.8 Å². The van der Waals surface area contributed by atoms with Crippen LogP contribution in [0.25, 0.3) is 0 Å². The lowest BCUT2D eigenvalue weighted by atomic mass is 9.95. The van der Waals surface area contributed by atoms with Crippen LogP contribution in [-0.4, -0.2) is 25.7 Å². The third kappa shape index (κ3) is 4.06. The maximum atomic E-state index is 12.4. The normalized spacial score (nSPS) is 16.4. The first-order chi connectivity index (χ1) is 9.33. The highest BCUT2D eigenvalue weighted by Crippen LogP contribution is 2.22. The molecule has 0 saturated heterocycles. The Kier molecular flexibility index (Phi) is 6.20. The van der Waals surface area contributed by atoms with Gasteiger partial charge in [0.15, 0.2) is 0 Å². The van der Waals surface area contributed by atoms with Crippen LogP contribution in [0, 0.1) is 5.92 Å². The van der Waals surface area contributed by atoms with Gasteiger partial charge >= 0.3 is 0 Å². The van der Waals surface area contributed by atoms with Crippen molar-refractivity contribution in [2.45, 2.75) is 37.3 Å². The number of aliphatic hydroxyl groups is 1. The molecule has 0 bridgehead atoms. The molecule has 0 aromatic heterocycles. The molecular weight excluding hydrogens is 298 g/mol. The van der Waals surface area contributed by atoms with Gasteiger partial charge in [0, 0.05) is 0 Å². The lowest BCUT2D eigenvalue weighted by molar-refractivity contribution is 0.153. The molecule has 20 heavy (non-hydrogen) atoms. The Morgan fingerprint density at radius 2 is 2.05 bits per heavy atom. The van der Waals surface area contributed by atoms with E-state index < -0.39 is 22.2 Å². The van der Waals surface area contributed by atoms with Crippen molar-refractivity contribution in [1.29, 1.82) is 0 Å². The highest BCUT2D eigenvalue weighted by atomic mass is 35.5. The van der Waals surface area contributed by atoms with Crippen molar-refractivity contribution in [3.05, 3.63) is 41.9 Å². The summed E-state index contributed by atoms with van der Waals surface area (Å²) in [7, 11) is -3.79. The minimum absolute atomic E-state index is 0.00577. The molecule has 0 saturated carbocycles. The fourth-order valence-electron chi connectivity index (χ4n) is 1.83. The largest absolute Gasteiger partial charge is 0.387 e. The Labute approximate surface area is 125 Å². The Morgan fingerprint density at radius 3 is 2.55 bits per heavy atom. The van der Waals surface area contributed by atoms with Crippen LogP contribution in [-0.2, 0) is 10.0 Å². The van der Waals surface area contributed by atoms with Crippen LogP contribution in [0.4, 0.5) is 0 Å². The quantitative estimate of drug-likeness (QED) is 0.760.